The number of hydrogen-bond acceptors (Lipinski definition) is 6. The minimum absolute atomic E-state index is 0.130. The third kappa shape index (κ3) is 10.7. The smallest absolute Gasteiger partial charge is 0.407 e. The molecule has 4 atom stereocenters. The summed E-state index contributed by atoms with van der Waals surface area (Å²) in [7, 11) is 1.68. The first kappa shape index (κ1) is 33.6. The molecule has 0 bridgehead atoms. The number of unbranched alkanes of at least 4 members (excludes halogenated alkanes) is 1. The first-order valence-corrected chi connectivity index (χ1v) is 15.3. The van der Waals surface area contributed by atoms with Crippen molar-refractivity contribution in [3.8, 4) is 0 Å². The molecule has 1 aliphatic carbocycles. The van der Waals surface area contributed by atoms with Crippen LogP contribution in [0, 0.1) is 5.92 Å². The predicted molar refractivity (Wildman–Crippen MR) is 166 cm³/mol. The zero-order valence-electron chi connectivity index (χ0n) is 25.8. The van der Waals surface area contributed by atoms with Crippen molar-refractivity contribution in [2.75, 3.05) is 13.6 Å². The van der Waals surface area contributed by atoms with Crippen molar-refractivity contribution in [2.24, 2.45) is 5.92 Å². The molecule has 2 aromatic rings. The average Bonchev–Trinajstić information content (AvgIpc) is 3.01. The molecule has 10 nitrogen and oxygen atoms in total. The Labute approximate surface area is 255 Å². The molecule has 10 heteroatoms. The summed E-state index contributed by atoms with van der Waals surface area (Å²) in [4.78, 5) is 51.6. The summed E-state index contributed by atoms with van der Waals surface area (Å²) in [5.74, 6) is -1.14. The van der Waals surface area contributed by atoms with Crippen LogP contribution in [-0.2, 0) is 32.1 Å². The van der Waals surface area contributed by atoms with Gasteiger partial charge in [-0.1, -0.05) is 68.4 Å². The van der Waals surface area contributed by atoms with Gasteiger partial charge in [0.05, 0.1) is 12.1 Å². The lowest BCUT2D eigenvalue weighted by atomic mass is 9.87. The molecule has 0 heterocycles. The van der Waals surface area contributed by atoms with Crippen LogP contribution in [0.1, 0.15) is 75.6 Å². The van der Waals surface area contributed by atoms with Crippen LogP contribution in [0.5, 0.6) is 0 Å². The third-order valence-electron chi connectivity index (χ3n) is 7.79. The summed E-state index contributed by atoms with van der Waals surface area (Å²) in [6.45, 7) is 5.98. The lowest BCUT2D eigenvalue weighted by Gasteiger charge is -2.30. The SMILES string of the molecule is CNC(C)C(=O)NC(C(=O)NC(CCCCNC(=O)OCc1ccccc1)C(=O)NC1CCCc2ccccc21)C(C)C. The molecule has 0 radical (unpaired) electrons. The maximum Gasteiger partial charge on any atom is 0.407 e. The van der Waals surface area contributed by atoms with E-state index >= 15 is 0 Å². The monoisotopic (exact) mass is 593 g/mol. The van der Waals surface area contributed by atoms with E-state index in [0.717, 1.165) is 30.4 Å². The van der Waals surface area contributed by atoms with Gasteiger partial charge in [-0.25, -0.2) is 4.79 Å². The number of carbonyl (C=O) groups is 4. The molecule has 0 fully saturated rings. The van der Waals surface area contributed by atoms with E-state index < -0.39 is 30.1 Å². The second kappa shape index (κ2) is 17.3. The Morgan fingerprint density at radius 1 is 0.884 bits per heavy atom. The predicted octanol–water partition coefficient (Wildman–Crippen LogP) is 3.51. The lowest BCUT2D eigenvalue weighted by molar-refractivity contribution is -0.133. The van der Waals surface area contributed by atoms with Gasteiger partial charge in [0, 0.05) is 6.54 Å². The number of amides is 4. The Morgan fingerprint density at radius 3 is 2.33 bits per heavy atom. The normalized spacial score (nSPS) is 16.3. The number of aryl methyl sites for hydroxylation is 1. The third-order valence-corrected chi connectivity index (χ3v) is 7.79. The quantitative estimate of drug-likeness (QED) is 0.201. The van der Waals surface area contributed by atoms with Gasteiger partial charge in [-0.2, -0.15) is 0 Å². The molecule has 2 aromatic carbocycles. The highest BCUT2D eigenvalue weighted by Gasteiger charge is 2.31. The number of nitrogens with one attached hydrogen (secondary N) is 5. The number of benzene rings is 2. The van der Waals surface area contributed by atoms with Gasteiger partial charge in [-0.3, -0.25) is 14.4 Å². The van der Waals surface area contributed by atoms with E-state index in [1.807, 2.05) is 62.4 Å². The van der Waals surface area contributed by atoms with Crippen molar-refractivity contribution in [1.29, 1.82) is 0 Å². The minimum Gasteiger partial charge on any atom is -0.445 e. The van der Waals surface area contributed by atoms with Crippen LogP contribution in [0.3, 0.4) is 0 Å². The molecular weight excluding hydrogens is 546 g/mol. The van der Waals surface area contributed by atoms with Crippen LogP contribution >= 0.6 is 0 Å². The highest BCUT2D eigenvalue weighted by molar-refractivity contribution is 5.93. The molecule has 0 aliphatic heterocycles. The standard InChI is InChI=1S/C33H47N5O5/c1-22(2)29(38-30(39)23(3)34-4)32(41)37-28(31(40)36-27-19-12-16-25-15-8-9-17-26(25)27)18-10-11-20-35-33(42)43-21-24-13-6-5-7-14-24/h5-9,13-15,17,22-23,27-29,34H,10-12,16,18-21H2,1-4H3,(H,35,42)(H,36,40)(H,37,41)(H,38,39). The van der Waals surface area contributed by atoms with E-state index in [1.54, 1.807) is 14.0 Å². The average molecular weight is 594 g/mol. The Bertz CT molecular complexity index is 1210. The fourth-order valence-corrected chi connectivity index (χ4v) is 5.09. The van der Waals surface area contributed by atoms with Gasteiger partial charge in [0.1, 0.15) is 18.7 Å². The molecule has 43 heavy (non-hydrogen) atoms. The summed E-state index contributed by atoms with van der Waals surface area (Å²) in [6, 6.07) is 15.4. The van der Waals surface area contributed by atoms with Crippen molar-refractivity contribution in [1.82, 2.24) is 26.6 Å². The summed E-state index contributed by atoms with van der Waals surface area (Å²) >= 11 is 0. The maximum absolute atomic E-state index is 13.6. The second-order valence-electron chi connectivity index (χ2n) is 11.4. The van der Waals surface area contributed by atoms with Crippen molar-refractivity contribution in [3.05, 3.63) is 71.3 Å². The Morgan fingerprint density at radius 2 is 1.60 bits per heavy atom. The topological polar surface area (TPSA) is 138 Å². The fraction of sp³-hybridized carbons (Fsp3) is 0.515. The molecule has 3 rings (SSSR count). The van der Waals surface area contributed by atoms with Crippen LogP contribution in [0.15, 0.2) is 54.6 Å². The number of carbonyl (C=O) groups excluding carboxylic acids is 4. The summed E-state index contributed by atoms with van der Waals surface area (Å²) in [5.41, 5.74) is 3.24. The Balaban J connectivity index is 1.60. The van der Waals surface area contributed by atoms with Crippen LogP contribution in [0.25, 0.3) is 0 Å². The highest BCUT2D eigenvalue weighted by atomic mass is 16.5. The van der Waals surface area contributed by atoms with E-state index in [-0.39, 0.29) is 30.4 Å². The molecule has 0 saturated heterocycles. The van der Waals surface area contributed by atoms with Gasteiger partial charge in [0.15, 0.2) is 0 Å². The molecule has 4 amide bonds. The van der Waals surface area contributed by atoms with Crippen molar-refractivity contribution >= 4 is 23.8 Å². The van der Waals surface area contributed by atoms with E-state index in [4.69, 9.17) is 4.74 Å². The maximum atomic E-state index is 13.6. The Hall–Kier alpha value is -3.92. The number of hydrogen-bond donors (Lipinski definition) is 5. The highest BCUT2D eigenvalue weighted by Crippen LogP contribution is 2.29. The van der Waals surface area contributed by atoms with Crippen molar-refractivity contribution in [3.63, 3.8) is 0 Å². The number of ether oxygens (including phenoxy) is 1. The molecule has 4 unspecified atom stereocenters. The largest absolute Gasteiger partial charge is 0.445 e. The van der Waals surface area contributed by atoms with Gasteiger partial charge in [0.25, 0.3) is 0 Å². The summed E-state index contributed by atoms with van der Waals surface area (Å²) < 4.78 is 5.25. The summed E-state index contributed by atoms with van der Waals surface area (Å²) in [5, 5.41) is 14.5. The molecule has 0 aromatic heterocycles. The molecule has 0 saturated carbocycles. The Kier molecular flexibility index (Phi) is 13.5. The van der Waals surface area contributed by atoms with Crippen LogP contribution in [0.2, 0.25) is 0 Å². The molecule has 0 spiro atoms. The zero-order valence-corrected chi connectivity index (χ0v) is 25.8. The number of fused-ring (bicyclic) bond motifs is 1. The van der Waals surface area contributed by atoms with E-state index in [0.29, 0.717) is 25.8 Å². The number of likely N-dealkylation sites (N-methyl/N-ethyl adjacent to an activating group) is 1. The zero-order chi connectivity index (χ0) is 31.2. The molecule has 234 valence electrons. The molecular formula is C33H47N5O5. The van der Waals surface area contributed by atoms with Gasteiger partial charge in [-0.05, 0) is 75.1 Å². The minimum atomic E-state index is -0.800. The van der Waals surface area contributed by atoms with Crippen LogP contribution in [-0.4, -0.2) is 55.5 Å². The molecule has 1 aliphatic rings. The second-order valence-corrected chi connectivity index (χ2v) is 11.4. The van der Waals surface area contributed by atoms with Crippen LogP contribution < -0.4 is 26.6 Å². The van der Waals surface area contributed by atoms with Crippen LogP contribution in [0.4, 0.5) is 4.79 Å². The first-order valence-electron chi connectivity index (χ1n) is 15.3. The van der Waals surface area contributed by atoms with Crippen molar-refractivity contribution < 1.29 is 23.9 Å². The number of alkyl carbamates (subject to hydrolysis) is 1. The van der Waals surface area contributed by atoms with Gasteiger partial charge >= 0.3 is 6.09 Å². The first-order chi connectivity index (χ1) is 20.7. The van der Waals surface area contributed by atoms with Gasteiger partial charge in [0.2, 0.25) is 17.7 Å². The van der Waals surface area contributed by atoms with E-state index in [9.17, 15) is 19.2 Å². The number of rotatable bonds is 15. The summed E-state index contributed by atoms with van der Waals surface area (Å²) in [6.07, 6.45) is 3.81. The van der Waals surface area contributed by atoms with Gasteiger partial charge in [-0.15, -0.1) is 0 Å². The van der Waals surface area contributed by atoms with E-state index in [1.165, 1.54) is 5.56 Å². The van der Waals surface area contributed by atoms with E-state index in [2.05, 4.69) is 32.7 Å². The van der Waals surface area contributed by atoms with Crippen molar-refractivity contribution in [2.45, 2.75) is 90.1 Å². The fourth-order valence-electron chi connectivity index (χ4n) is 5.09. The lowest BCUT2D eigenvalue weighted by Crippen LogP contribution is -2.57. The molecule has 5 N–H and O–H groups in total. The van der Waals surface area contributed by atoms with Gasteiger partial charge < -0.3 is 31.3 Å².